The molecule has 0 spiro atoms. The predicted octanol–water partition coefficient (Wildman–Crippen LogP) is -10.3. The Kier molecular flexibility index (Phi) is 24.4. The maximum atomic E-state index is 13.1. The maximum absolute atomic E-state index is 13.1. The molecule has 0 radical (unpaired) electrons. The summed E-state index contributed by atoms with van der Waals surface area (Å²) in [7, 11) is 0. The van der Waals surface area contributed by atoms with Crippen molar-refractivity contribution in [1.29, 1.82) is 0 Å². The molecule has 0 aromatic heterocycles. The molecular weight excluding hydrogens is 1080 g/mol. The van der Waals surface area contributed by atoms with E-state index in [2.05, 4.69) is 31.9 Å². The standard InChI is InChI=1S/C46H78N6O28/c1-15(58)48-25-32(65)36(20(11-54)71-40(25)69)76-42-27(49-16(2)59)34(67)38(22(13-56)73-42)78-44-29(51-18(4)61)35(68)39(23(14-57)75-44)79-43-28(50-17(3)60)33(66)37(21(12-55)74-43)77-41-26(31(64)30(63)19(10-53)72-41)52-24(62)8-9-47-45(70)80-46(5,6)7/h19-23,25-44,53-57,63-69H,8-14H2,1-7H3,(H,47,70)(H,48,58)(H,49,59)(H,50,60)(H,51,61)(H,52,62)/t19-,20-,21-,22-,23-,25-,26-,27-,28-,29-,30-,31-,32-,33-,34-,35?,36?,37?,38?,39?,40?,41+,42+,43+,44+/m1/s1. The van der Waals surface area contributed by atoms with Crippen LogP contribution >= 0.6 is 0 Å². The van der Waals surface area contributed by atoms with Crippen molar-refractivity contribution in [2.75, 3.05) is 39.6 Å². The van der Waals surface area contributed by atoms with Gasteiger partial charge >= 0.3 is 6.09 Å². The molecule has 0 saturated carbocycles. The van der Waals surface area contributed by atoms with Crippen LogP contribution in [0.4, 0.5) is 4.79 Å². The van der Waals surface area contributed by atoms with Gasteiger partial charge in [-0.05, 0) is 20.8 Å². The molecule has 5 fully saturated rings. The molecule has 25 atom stereocenters. The normalized spacial score (nSPS) is 40.4. The Labute approximate surface area is 457 Å². The quantitative estimate of drug-likeness (QED) is 0.0507. The van der Waals surface area contributed by atoms with Crippen LogP contribution in [0.2, 0.25) is 0 Å². The fourth-order valence-corrected chi connectivity index (χ4v) is 9.68. The highest BCUT2D eigenvalue weighted by Crippen LogP contribution is 2.36. The van der Waals surface area contributed by atoms with Gasteiger partial charge in [0.2, 0.25) is 29.5 Å². The number of hydrogen-bond donors (Lipinski definition) is 18. The summed E-state index contributed by atoms with van der Waals surface area (Å²) in [6.07, 6.45) is -37.3. The van der Waals surface area contributed by atoms with E-state index in [1.165, 1.54) is 0 Å². The molecule has 0 aromatic rings. The first-order chi connectivity index (χ1) is 37.6. The highest BCUT2D eigenvalue weighted by atomic mass is 16.8. The topological polar surface area (TPSA) is 510 Å². The molecule has 5 heterocycles. The highest BCUT2D eigenvalue weighted by Gasteiger charge is 2.57. The molecule has 0 aromatic carbocycles. The van der Waals surface area contributed by atoms with Crippen LogP contribution in [0, 0.1) is 0 Å². The van der Waals surface area contributed by atoms with Gasteiger partial charge in [0, 0.05) is 40.7 Å². The van der Waals surface area contributed by atoms with Gasteiger partial charge in [0.1, 0.15) is 127 Å². The largest absolute Gasteiger partial charge is 0.444 e. The zero-order chi connectivity index (χ0) is 59.7. The molecule has 80 heavy (non-hydrogen) atoms. The molecule has 18 N–H and O–H groups in total. The summed E-state index contributed by atoms with van der Waals surface area (Å²) in [4.78, 5) is 75.2. The van der Waals surface area contributed by atoms with E-state index in [0.717, 1.165) is 27.7 Å². The lowest BCUT2D eigenvalue weighted by atomic mass is 9.93. The van der Waals surface area contributed by atoms with Crippen molar-refractivity contribution in [1.82, 2.24) is 31.9 Å². The number of hydrogen-bond acceptors (Lipinski definition) is 28. The van der Waals surface area contributed by atoms with Gasteiger partial charge in [-0.3, -0.25) is 24.0 Å². The van der Waals surface area contributed by atoms with E-state index in [9.17, 15) is 90.0 Å². The van der Waals surface area contributed by atoms with Crippen LogP contribution in [-0.2, 0) is 71.3 Å². The number of carbonyl (C=O) groups is 6. The van der Waals surface area contributed by atoms with E-state index < -0.39 is 234 Å². The van der Waals surface area contributed by atoms with E-state index in [4.69, 9.17) is 47.4 Å². The van der Waals surface area contributed by atoms with Crippen molar-refractivity contribution in [3.63, 3.8) is 0 Å². The smallest absolute Gasteiger partial charge is 0.407 e. The number of rotatable bonds is 21. The predicted molar refractivity (Wildman–Crippen MR) is 258 cm³/mol. The minimum Gasteiger partial charge on any atom is -0.444 e. The average Bonchev–Trinajstić information content (AvgIpc) is 3.56. The fourth-order valence-electron chi connectivity index (χ4n) is 9.68. The molecule has 6 amide bonds. The van der Waals surface area contributed by atoms with Gasteiger partial charge in [-0.25, -0.2) is 4.79 Å². The van der Waals surface area contributed by atoms with E-state index in [-0.39, 0.29) is 6.54 Å². The summed E-state index contributed by atoms with van der Waals surface area (Å²) >= 11 is 0. The van der Waals surface area contributed by atoms with Crippen LogP contribution < -0.4 is 31.9 Å². The third kappa shape index (κ3) is 16.7. The lowest BCUT2D eigenvalue weighted by molar-refractivity contribution is -0.367. The first-order valence-corrected chi connectivity index (χ1v) is 25.6. The lowest BCUT2D eigenvalue weighted by Crippen LogP contribution is -2.72. The lowest BCUT2D eigenvalue weighted by Gasteiger charge is -2.51. The van der Waals surface area contributed by atoms with Crippen molar-refractivity contribution in [2.24, 2.45) is 0 Å². The minimum atomic E-state index is -2.04. The van der Waals surface area contributed by atoms with Crippen LogP contribution in [0.3, 0.4) is 0 Å². The zero-order valence-corrected chi connectivity index (χ0v) is 44.8. The van der Waals surface area contributed by atoms with Crippen molar-refractivity contribution in [2.45, 2.75) is 214 Å². The van der Waals surface area contributed by atoms with E-state index in [0.29, 0.717) is 0 Å². The molecule has 0 bridgehead atoms. The second-order valence-corrected chi connectivity index (χ2v) is 20.7. The molecular formula is C46H78N6O28. The van der Waals surface area contributed by atoms with Gasteiger partial charge in [0.15, 0.2) is 31.5 Å². The van der Waals surface area contributed by atoms with E-state index >= 15 is 0 Å². The Morgan fingerprint density at radius 1 is 0.412 bits per heavy atom. The van der Waals surface area contributed by atoms with Crippen LogP contribution in [-0.4, -0.2) is 295 Å². The monoisotopic (exact) mass is 1160 g/mol. The second-order valence-electron chi connectivity index (χ2n) is 20.7. The summed E-state index contributed by atoms with van der Waals surface area (Å²) < 4.78 is 58.5. The molecule has 5 rings (SSSR count). The van der Waals surface area contributed by atoms with Gasteiger partial charge in [-0.1, -0.05) is 0 Å². The number of amides is 6. The Balaban J connectivity index is 1.37. The van der Waals surface area contributed by atoms with Crippen LogP contribution in [0.15, 0.2) is 0 Å². The zero-order valence-electron chi connectivity index (χ0n) is 44.8. The molecule has 0 aliphatic carbocycles. The molecule has 34 nitrogen and oxygen atoms in total. The van der Waals surface area contributed by atoms with Gasteiger partial charge in [0.25, 0.3) is 0 Å². The summed E-state index contributed by atoms with van der Waals surface area (Å²) in [5.74, 6) is -3.97. The number of aliphatic hydroxyl groups excluding tert-OH is 12. The van der Waals surface area contributed by atoms with Crippen molar-refractivity contribution >= 4 is 35.6 Å². The highest BCUT2D eigenvalue weighted by molar-refractivity contribution is 5.77. The molecule has 460 valence electrons. The van der Waals surface area contributed by atoms with Crippen molar-refractivity contribution < 1.29 is 137 Å². The average molecular weight is 1160 g/mol. The van der Waals surface area contributed by atoms with E-state index in [1.807, 2.05) is 0 Å². The number of nitrogens with one attached hydrogen (secondary N) is 6. The third-order valence-corrected chi connectivity index (χ3v) is 13.3. The summed E-state index contributed by atoms with van der Waals surface area (Å²) in [6.45, 7) is 3.99. The second kappa shape index (κ2) is 29.3. The van der Waals surface area contributed by atoms with Crippen LogP contribution in [0.1, 0.15) is 54.9 Å². The number of alkyl carbamates (subject to hydrolysis) is 1. The molecule has 5 aliphatic rings. The van der Waals surface area contributed by atoms with Crippen molar-refractivity contribution in [3.8, 4) is 0 Å². The number of aliphatic hydroxyl groups is 12. The number of ether oxygens (including phenoxy) is 10. The number of carbonyl (C=O) groups excluding carboxylic acids is 6. The van der Waals surface area contributed by atoms with Gasteiger partial charge in [-0.15, -0.1) is 0 Å². The molecule has 6 unspecified atom stereocenters. The SMILES string of the molecule is CC(=O)N[C@H]1[C@H](OC2C(O)[C@@H](NC(C)=O)[C@H](OC3[C@@H](CO)O[C@@H](OC4[C@@H](CO)OC(O)[C@H](NC(C)=O)[C@H]4O)[C@H](NC(C)=O)[C@H]3O)O[C@@H]2CO)O[C@H](CO)C(O[C@@H]2O[C@H](CO)[C@@H](O)[C@H](O)[C@H]2NC(=O)CCNC(=O)OC(C)(C)C)[C@@H]1O. The Bertz CT molecular complexity index is 2060. The first-order valence-electron chi connectivity index (χ1n) is 25.6. The first kappa shape index (κ1) is 66.6. The van der Waals surface area contributed by atoms with Gasteiger partial charge in [0.05, 0.1) is 33.0 Å². The van der Waals surface area contributed by atoms with Crippen LogP contribution in [0.25, 0.3) is 0 Å². The Hall–Kier alpha value is -4.22. The molecule has 5 aliphatic heterocycles. The van der Waals surface area contributed by atoms with Gasteiger partial charge in [-0.2, -0.15) is 0 Å². The van der Waals surface area contributed by atoms with E-state index in [1.54, 1.807) is 20.8 Å². The third-order valence-electron chi connectivity index (χ3n) is 13.3. The Morgan fingerprint density at radius 3 is 1.04 bits per heavy atom. The minimum absolute atomic E-state index is 0.258. The van der Waals surface area contributed by atoms with Crippen LogP contribution in [0.5, 0.6) is 0 Å². The Morgan fingerprint density at radius 2 is 0.713 bits per heavy atom. The summed E-state index contributed by atoms with van der Waals surface area (Å²) in [5.41, 5.74) is -0.851. The molecule has 34 heteroatoms. The molecule has 5 saturated heterocycles. The van der Waals surface area contributed by atoms with Crippen molar-refractivity contribution in [3.05, 3.63) is 0 Å². The summed E-state index contributed by atoms with van der Waals surface area (Å²) in [5, 5.41) is 146. The fraction of sp³-hybridized carbons (Fsp3) is 0.870. The van der Waals surface area contributed by atoms with Gasteiger partial charge < -0.3 is 141 Å². The maximum Gasteiger partial charge on any atom is 0.407 e. The summed E-state index contributed by atoms with van der Waals surface area (Å²) in [6, 6.07) is -8.35.